The van der Waals surface area contributed by atoms with Crippen LogP contribution in [0.1, 0.15) is 24.2 Å². The summed E-state index contributed by atoms with van der Waals surface area (Å²) in [5.41, 5.74) is 2.66. The van der Waals surface area contributed by atoms with Crippen molar-refractivity contribution in [3.63, 3.8) is 0 Å². The molecular weight excluding hydrogens is 459 g/mol. The van der Waals surface area contributed by atoms with Crippen LogP contribution in [0.25, 0.3) is 16.9 Å². The van der Waals surface area contributed by atoms with Gasteiger partial charge in [0, 0.05) is 29.1 Å². The normalized spacial score (nSPS) is 10.8. The number of halogens is 1. The van der Waals surface area contributed by atoms with Crippen LogP contribution in [-0.4, -0.2) is 46.0 Å². The second-order valence-electron chi connectivity index (χ2n) is 8.47. The average molecular weight is 487 g/mol. The molecule has 184 valence electrons. The van der Waals surface area contributed by atoms with Crippen molar-refractivity contribution in [2.24, 2.45) is 0 Å². The lowest BCUT2D eigenvalue weighted by atomic mass is 10.1. The molecule has 4 rings (SSSR count). The lowest BCUT2D eigenvalue weighted by Crippen LogP contribution is -2.42. The van der Waals surface area contributed by atoms with Crippen molar-refractivity contribution >= 4 is 17.8 Å². The molecule has 4 aromatic rings. The van der Waals surface area contributed by atoms with E-state index in [0.717, 1.165) is 17.0 Å². The van der Waals surface area contributed by atoms with Gasteiger partial charge < -0.3 is 9.64 Å². The Morgan fingerprint density at radius 1 is 1.00 bits per heavy atom. The van der Waals surface area contributed by atoms with Gasteiger partial charge in [-0.2, -0.15) is 0 Å². The molecule has 1 heterocycles. The highest BCUT2D eigenvalue weighted by molar-refractivity contribution is 5.99. The van der Waals surface area contributed by atoms with Crippen LogP contribution in [0.3, 0.4) is 0 Å². The number of benzene rings is 3. The predicted molar refractivity (Wildman–Crippen MR) is 137 cm³/mol. The van der Waals surface area contributed by atoms with E-state index >= 15 is 0 Å². The minimum Gasteiger partial charge on any atom is -0.497 e. The molecule has 1 N–H and O–H groups in total. The fourth-order valence-corrected chi connectivity index (χ4v) is 3.72. The van der Waals surface area contributed by atoms with Gasteiger partial charge in [-0.15, -0.1) is 0 Å². The zero-order chi connectivity index (χ0) is 25.7. The average Bonchev–Trinajstić information content (AvgIpc) is 3.31. The Kier molecular flexibility index (Phi) is 7.44. The van der Waals surface area contributed by atoms with E-state index in [2.05, 4.69) is 10.3 Å². The first-order valence-electron chi connectivity index (χ1n) is 11.5. The summed E-state index contributed by atoms with van der Waals surface area (Å²) in [6.45, 7) is 3.45. The van der Waals surface area contributed by atoms with E-state index in [-0.39, 0.29) is 18.5 Å². The molecular formula is C28H27FN4O3. The first kappa shape index (κ1) is 24.7. The van der Waals surface area contributed by atoms with Crippen LogP contribution in [0.15, 0.2) is 85.1 Å². The van der Waals surface area contributed by atoms with E-state index in [1.165, 1.54) is 29.2 Å². The topological polar surface area (TPSA) is 76.5 Å². The lowest BCUT2D eigenvalue weighted by molar-refractivity contribution is -0.117. The minimum atomic E-state index is -0.430. The second-order valence-corrected chi connectivity index (χ2v) is 8.47. The van der Waals surface area contributed by atoms with Gasteiger partial charge in [0.2, 0.25) is 11.9 Å². The van der Waals surface area contributed by atoms with Crippen molar-refractivity contribution in [2.45, 2.75) is 19.9 Å². The van der Waals surface area contributed by atoms with E-state index in [4.69, 9.17) is 4.74 Å². The van der Waals surface area contributed by atoms with Crippen LogP contribution in [0, 0.1) is 5.82 Å². The third kappa shape index (κ3) is 5.60. The second kappa shape index (κ2) is 10.9. The van der Waals surface area contributed by atoms with Gasteiger partial charge in [-0.1, -0.05) is 18.2 Å². The highest BCUT2D eigenvalue weighted by Crippen LogP contribution is 2.26. The molecule has 0 radical (unpaired) electrons. The van der Waals surface area contributed by atoms with Crippen LogP contribution in [0.5, 0.6) is 5.75 Å². The number of methoxy groups -OCH3 is 1. The fraction of sp³-hybridized carbons (Fsp3) is 0.179. The maximum atomic E-state index is 13.3. The summed E-state index contributed by atoms with van der Waals surface area (Å²) in [6.07, 6.45) is 1.84. The molecule has 0 bridgehead atoms. The zero-order valence-electron chi connectivity index (χ0n) is 20.3. The number of hydrogen-bond donors (Lipinski definition) is 1. The van der Waals surface area contributed by atoms with Gasteiger partial charge in [-0.25, -0.2) is 9.37 Å². The van der Waals surface area contributed by atoms with Crippen molar-refractivity contribution in [3.05, 3.63) is 96.4 Å². The van der Waals surface area contributed by atoms with Gasteiger partial charge in [-0.3, -0.25) is 19.5 Å². The molecule has 36 heavy (non-hydrogen) atoms. The highest BCUT2D eigenvalue weighted by atomic mass is 19.1. The number of rotatable bonds is 8. The molecule has 8 heteroatoms. The maximum Gasteiger partial charge on any atom is 0.254 e. The Morgan fingerprint density at radius 3 is 2.28 bits per heavy atom. The number of para-hydroxylation sites is 1. The zero-order valence-corrected chi connectivity index (χ0v) is 20.3. The van der Waals surface area contributed by atoms with E-state index in [0.29, 0.717) is 17.2 Å². The summed E-state index contributed by atoms with van der Waals surface area (Å²) in [4.78, 5) is 32.2. The number of nitrogens with one attached hydrogen (secondary N) is 1. The van der Waals surface area contributed by atoms with Crippen LogP contribution < -0.4 is 10.1 Å². The van der Waals surface area contributed by atoms with Crippen molar-refractivity contribution < 1.29 is 18.7 Å². The van der Waals surface area contributed by atoms with Crippen LogP contribution in [0.4, 0.5) is 10.3 Å². The van der Waals surface area contributed by atoms with E-state index in [1.807, 2.05) is 74.6 Å². The third-order valence-corrected chi connectivity index (χ3v) is 5.67. The van der Waals surface area contributed by atoms with E-state index in [1.54, 1.807) is 11.7 Å². The molecule has 7 nitrogen and oxygen atoms in total. The number of ether oxygens (including phenoxy) is 1. The van der Waals surface area contributed by atoms with Crippen molar-refractivity contribution in [2.75, 3.05) is 19.0 Å². The van der Waals surface area contributed by atoms with E-state index in [9.17, 15) is 14.0 Å². The fourth-order valence-electron chi connectivity index (χ4n) is 3.72. The number of imidazole rings is 1. The summed E-state index contributed by atoms with van der Waals surface area (Å²) in [7, 11) is 1.61. The summed E-state index contributed by atoms with van der Waals surface area (Å²) >= 11 is 0. The molecule has 2 amide bonds. The number of anilines is 1. The van der Waals surface area contributed by atoms with Gasteiger partial charge in [0.15, 0.2) is 0 Å². The summed E-state index contributed by atoms with van der Waals surface area (Å²) < 4.78 is 20.3. The highest BCUT2D eigenvalue weighted by Gasteiger charge is 2.23. The van der Waals surface area contributed by atoms with Crippen molar-refractivity contribution in [1.82, 2.24) is 14.5 Å². The molecule has 0 fully saturated rings. The van der Waals surface area contributed by atoms with Gasteiger partial charge in [0.25, 0.3) is 5.91 Å². The smallest absolute Gasteiger partial charge is 0.254 e. The number of carbonyl (C=O) groups is 2. The molecule has 1 aromatic heterocycles. The van der Waals surface area contributed by atoms with Gasteiger partial charge in [0.1, 0.15) is 18.1 Å². The third-order valence-electron chi connectivity index (χ3n) is 5.67. The lowest BCUT2D eigenvalue weighted by Gasteiger charge is -2.26. The van der Waals surface area contributed by atoms with Crippen molar-refractivity contribution in [1.29, 1.82) is 0 Å². The van der Waals surface area contributed by atoms with Crippen molar-refractivity contribution in [3.8, 4) is 22.7 Å². The summed E-state index contributed by atoms with van der Waals surface area (Å²) in [6, 6.07) is 22.0. The largest absolute Gasteiger partial charge is 0.497 e. The molecule has 0 aliphatic carbocycles. The van der Waals surface area contributed by atoms with Crippen LogP contribution >= 0.6 is 0 Å². The Hall–Kier alpha value is -4.46. The molecule has 0 aliphatic rings. The van der Waals surface area contributed by atoms with Crippen LogP contribution in [0.2, 0.25) is 0 Å². The predicted octanol–water partition coefficient (Wildman–Crippen LogP) is 5.18. The quantitative estimate of drug-likeness (QED) is 0.373. The first-order valence-corrected chi connectivity index (χ1v) is 11.5. The van der Waals surface area contributed by atoms with Gasteiger partial charge in [-0.05, 0) is 74.5 Å². The monoisotopic (exact) mass is 486 g/mol. The maximum absolute atomic E-state index is 13.3. The number of amides is 2. The molecule has 3 aromatic carbocycles. The summed E-state index contributed by atoms with van der Waals surface area (Å²) in [5, 5.41) is 2.86. The standard InChI is InChI=1S/C28H27FN4O3/c1-19(2)32(27(35)21-9-13-22(29)14-10-21)18-26(34)31-28-30-25(20-11-15-24(36-3)16-12-20)17-33(28)23-7-5-4-6-8-23/h4-17,19H,18H2,1-3H3,(H,30,31,34). The van der Waals surface area contributed by atoms with Gasteiger partial charge >= 0.3 is 0 Å². The Morgan fingerprint density at radius 2 is 1.67 bits per heavy atom. The number of hydrogen-bond acceptors (Lipinski definition) is 4. The summed E-state index contributed by atoms with van der Waals surface area (Å²) in [5.74, 6) is -0.126. The number of carbonyl (C=O) groups excluding carboxylic acids is 2. The molecule has 0 aliphatic heterocycles. The van der Waals surface area contributed by atoms with Gasteiger partial charge in [0.05, 0.1) is 12.8 Å². The first-order chi connectivity index (χ1) is 17.4. The molecule has 0 spiro atoms. The van der Waals surface area contributed by atoms with Crippen LogP contribution in [-0.2, 0) is 4.79 Å². The number of aromatic nitrogens is 2. The number of nitrogens with zero attached hydrogens (tertiary/aromatic N) is 3. The molecule has 0 unspecified atom stereocenters. The Labute approximate surface area is 209 Å². The SMILES string of the molecule is COc1ccc(-c2cn(-c3ccccc3)c(NC(=O)CN(C(=O)c3ccc(F)cc3)C(C)C)n2)cc1. The molecule has 0 saturated heterocycles. The Bertz CT molecular complexity index is 1330. The molecule has 0 atom stereocenters. The molecule has 0 saturated carbocycles. The Balaban J connectivity index is 1.60. The van der Waals surface area contributed by atoms with E-state index < -0.39 is 11.7 Å². The minimum absolute atomic E-state index is 0.187.